The van der Waals surface area contributed by atoms with Crippen LogP contribution in [0.1, 0.15) is 72.7 Å². The van der Waals surface area contributed by atoms with Gasteiger partial charge in [-0.05, 0) is 60.2 Å². The first-order chi connectivity index (χ1) is 18.7. The van der Waals surface area contributed by atoms with E-state index in [1.165, 1.54) is 18.4 Å². The van der Waals surface area contributed by atoms with Gasteiger partial charge >= 0.3 is 0 Å². The average Bonchev–Trinajstić information content (AvgIpc) is 3.61. The molecule has 39 heavy (non-hydrogen) atoms. The predicted molar refractivity (Wildman–Crippen MR) is 142 cm³/mol. The number of amides is 2. The Hall–Kier alpha value is -3.72. The van der Waals surface area contributed by atoms with E-state index < -0.39 is 11.5 Å². The first kappa shape index (κ1) is 26.9. The van der Waals surface area contributed by atoms with Gasteiger partial charge < -0.3 is 24.1 Å². The van der Waals surface area contributed by atoms with E-state index in [2.05, 4.69) is 10.3 Å². The van der Waals surface area contributed by atoms with Crippen molar-refractivity contribution in [1.29, 1.82) is 0 Å². The largest absolute Gasteiger partial charge is 0.484 e. The van der Waals surface area contributed by atoms with Crippen LogP contribution in [0.4, 0.5) is 4.39 Å². The smallest absolute Gasteiger partial charge is 0.273 e. The number of benzene rings is 2. The minimum Gasteiger partial charge on any atom is -0.484 e. The van der Waals surface area contributed by atoms with E-state index in [0.717, 1.165) is 30.6 Å². The second-order valence-electron chi connectivity index (χ2n) is 11.1. The number of nitrogens with one attached hydrogen (secondary N) is 1. The zero-order valence-electron chi connectivity index (χ0n) is 22.5. The zero-order valence-corrected chi connectivity index (χ0v) is 22.5. The molecule has 2 aliphatic heterocycles. The van der Waals surface area contributed by atoms with Gasteiger partial charge in [0, 0.05) is 25.1 Å². The van der Waals surface area contributed by atoms with Crippen LogP contribution >= 0.6 is 0 Å². The van der Waals surface area contributed by atoms with Gasteiger partial charge in [0.2, 0.25) is 11.8 Å². The number of hydrogen-bond donors (Lipinski definition) is 1. The van der Waals surface area contributed by atoms with Crippen LogP contribution in [-0.4, -0.2) is 47.5 Å². The molecule has 0 radical (unpaired) electrons. The molecular weight excluding hydrogens is 501 g/mol. The van der Waals surface area contributed by atoms with Crippen LogP contribution in [0.5, 0.6) is 5.75 Å². The molecule has 0 spiro atoms. The minimum atomic E-state index is -0.587. The Bertz CT molecular complexity index is 1340. The second kappa shape index (κ2) is 11.2. The molecule has 1 aromatic heterocycles. The summed E-state index contributed by atoms with van der Waals surface area (Å²) in [5.74, 6) is 0.147. The average molecular weight is 536 g/mol. The molecular formula is C30H34FN3O5. The molecule has 1 fully saturated rings. The number of rotatable bonds is 7. The van der Waals surface area contributed by atoms with Crippen LogP contribution in [0.25, 0.3) is 0 Å². The predicted octanol–water partition coefficient (Wildman–Crippen LogP) is 4.82. The number of ether oxygens (including phenoxy) is 2. The van der Waals surface area contributed by atoms with Crippen molar-refractivity contribution in [3.05, 3.63) is 82.8 Å². The lowest BCUT2D eigenvalue weighted by atomic mass is 9.85. The van der Waals surface area contributed by atoms with Crippen molar-refractivity contribution in [3.8, 4) is 5.75 Å². The van der Waals surface area contributed by atoms with Crippen molar-refractivity contribution in [2.45, 2.75) is 58.8 Å². The molecule has 2 atom stereocenters. The van der Waals surface area contributed by atoms with Crippen molar-refractivity contribution >= 4 is 11.8 Å². The minimum absolute atomic E-state index is 0.00109. The number of hydrogen-bond acceptors (Lipinski definition) is 6. The summed E-state index contributed by atoms with van der Waals surface area (Å²) in [7, 11) is 0. The molecule has 1 N–H and O–H groups in total. The summed E-state index contributed by atoms with van der Waals surface area (Å²) in [6, 6.07) is 11.7. The molecule has 2 aliphatic rings. The Kier molecular flexibility index (Phi) is 7.70. The SMILES string of the molecule is CC(C)(C)C(=O)N1CCc2ccc(OCc3nc(C(=O)NC[C@H]4CCCO4)co3)cc2[C@@H]1c1cccc(F)c1. The monoisotopic (exact) mass is 535 g/mol. The fraction of sp³-hybridized carbons (Fsp3) is 0.433. The molecule has 8 nitrogen and oxygen atoms in total. The quantitative estimate of drug-likeness (QED) is 0.466. The van der Waals surface area contributed by atoms with Gasteiger partial charge in [-0.2, -0.15) is 0 Å². The van der Waals surface area contributed by atoms with E-state index >= 15 is 0 Å². The summed E-state index contributed by atoms with van der Waals surface area (Å²) in [4.78, 5) is 31.9. The Balaban J connectivity index is 1.32. The van der Waals surface area contributed by atoms with Gasteiger partial charge in [-0.3, -0.25) is 9.59 Å². The summed E-state index contributed by atoms with van der Waals surface area (Å²) in [5, 5.41) is 2.82. The summed E-state index contributed by atoms with van der Waals surface area (Å²) in [5.41, 5.74) is 2.27. The van der Waals surface area contributed by atoms with E-state index in [9.17, 15) is 14.0 Å². The maximum atomic E-state index is 14.3. The maximum absolute atomic E-state index is 14.3. The Morgan fingerprint density at radius 2 is 2.05 bits per heavy atom. The molecule has 1 saturated heterocycles. The van der Waals surface area contributed by atoms with E-state index in [1.807, 2.05) is 49.9 Å². The lowest BCUT2D eigenvalue weighted by Gasteiger charge is -2.41. The zero-order chi connectivity index (χ0) is 27.6. The third-order valence-electron chi connectivity index (χ3n) is 7.07. The number of fused-ring (bicyclic) bond motifs is 1. The number of halogens is 1. The van der Waals surface area contributed by atoms with E-state index in [-0.39, 0.29) is 41.9 Å². The number of nitrogens with zero attached hydrogens (tertiary/aromatic N) is 2. The molecule has 0 aliphatic carbocycles. The standard InChI is InChI=1S/C30H34FN3O5/c1-30(2,3)29(36)34-12-11-19-9-10-22(15-24(19)27(34)20-6-4-7-21(31)14-20)38-18-26-33-25(17-39-26)28(35)32-16-23-8-5-13-37-23/h4,6-7,9-10,14-15,17,23,27H,5,8,11-13,16,18H2,1-3H3,(H,32,35)/t23-,27+/m1/s1. The topological polar surface area (TPSA) is 93.9 Å². The third kappa shape index (κ3) is 6.14. The third-order valence-corrected chi connectivity index (χ3v) is 7.07. The second-order valence-corrected chi connectivity index (χ2v) is 11.1. The van der Waals surface area contributed by atoms with Crippen molar-refractivity contribution in [3.63, 3.8) is 0 Å². The van der Waals surface area contributed by atoms with Gasteiger partial charge in [-0.1, -0.05) is 39.0 Å². The summed E-state index contributed by atoms with van der Waals surface area (Å²) in [6.45, 7) is 7.39. The van der Waals surface area contributed by atoms with Crippen molar-refractivity contribution in [2.24, 2.45) is 5.41 Å². The lowest BCUT2D eigenvalue weighted by Crippen LogP contribution is -2.45. The van der Waals surface area contributed by atoms with E-state index in [0.29, 0.717) is 30.8 Å². The lowest BCUT2D eigenvalue weighted by molar-refractivity contribution is -0.141. The Morgan fingerprint density at radius 3 is 2.79 bits per heavy atom. The highest BCUT2D eigenvalue weighted by Gasteiger charge is 2.37. The van der Waals surface area contributed by atoms with Crippen molar-refractivity contribution < 1.29 is 27.9 Å². The molecule has 0 unspecified atom stereocenters. The fourth-order valence-corrected chi connectivity index (χ4v) is 5.10. The summed E-state index contributed by atoms with van der Waals surface area (Å²) >= 11 is 0. The molecule has 2 amide bonds. The Labute approximate surface area is 227 Å². The molecule has 2 aromatic carbocycles. The molecule has 3 aromatic rings. The van der Waals surface area contributed by atoms with E-state index in [1.54, 1.807) is 6.07 Å². The van der Waals surface area contributed by atoms with E-state index in [4.69, 9.17) is 13.9 Å². The van der Waals surface area contributed by atoms with Crippen LogP contribution in [0.3, 0.4) is 0 Å². The summed E-state index contributed by atoms with van der Waals surface area (Å²) in [6.07, 6.45) is 3.97. The van der Waals surface area contributed by atoms with Crippen LogP contribution in [0.15, 0.2) is 53.1 Å². The van der Waals surface area contributed by atoms with Crippen LogP contribution in [-0.2, 0) is 22.6 Å². The molecule has 5 rings (SSSR count). The van der Waals surface area contributed by atoms with Crippen molar-refractivity contribution in [2.75, 3.05) is 19.7 Å². The highest BCUT2D eigenvalue weighted by molar-refractivity contribution is 5.91. The van der Waals surface area contributed by atoms with Crippen LogP contribution < -0.4 is 10.1 Å². The number of oxazole rings is 1. The van der Waals surface area contributed by atoms with Gasteiger partial charge in [-0.25, -0.2) is 9.37 Å². The van der Waals surface area contributed by atoms with Crippen molar-refractivity contribution in [1.82, 2.24) is 15.2 Å². The van der Waals surface area contributed by atoms with Gasteiger partial charge in [0.1, 0.15) is 17.8 Å². The molecule has 0 bridgehead atoms. The number of aromatic nitrogens is 1. The first-order valence-electron chi connectivity index (χ1n) is 13.4. The molecule has 9 heteroatoms. The number of carbonyl (C=O) groups excluding carboxylic acids is 2. The highest BCUT2D eigenvalue weighted by Crippen LogP contribution is 2.39. The van der Waals surface area contributed by atoms with Gasteiger partial charge in [-0.15, -0.1) is 0 Å². The fourth-order valence-electron chi connectivity index (χ4n) is 5.10. The number of carbonyl (C=O) groups is 2. The van der Waals surface area contributed by atoms with Gasteiger partial charge in [0.15, 0.2) is 12.3 Å². The molecule has 206 valence electrons. The van der Waals surface area contributed by atoms with Crippen LogP contribution in [0.2, 0.25) is 0 Å². The maximum Gasteiger partial charge on any atom is 0.273 e. The first-order valence-corrected chi connectivity index (χ1v) is 13.4. The summed E-state index contributed by atoms with van der Waals surface area (Å²) < 4.78 is 31.2. The Morgan fingerprint density at radius 1 is 1.21 bits per heavy atom. The highest BCUT2D eigenvalue weighted by atomic mass is 19.1. The van der Waals surface area contributed by atoms with Gasteiger partial charge in [0.25, 0.3) is 5.91 Å². The normalized spacial score (nSPS) is 19.0. The van der Waals surface area contributed by atoms with Crippen LogP contribution in [0, 0.1) is 11.2 Å². The molecule has 0 saturated carbocycles. The molecule has 3 heterocycles. The van der Waals surface area contributed by atoms with Gasteiger partial charge in [0.05, 0.1) is 12.1 Å².